The van der Waals surface area contributed by atoms with Crippen LogP contribution in [-0.2, 0) is 19.4 Å². The lowest BCUT2D eigenvalue weighted by Crippen LogP contribution is -2.28. The number of likely N-dealkylation sites (tertiary alicyclic amines) is 1. The van der Waals surface area contributed by atoms with Crippen molar-refractivity contribution >= 4 is 0 Å². The molecule has 1 unspecified atom stereocenters. The van der Waals surface area contributed by atoms with Gasteiger partial charge in [0.2, 0.25) is 0 Å². The molecule has 2 aliphatic heterocycles. The Labute approximate surface area is 96.7 Å². The third-order valence-electron chi connectivity index (χ3n) is 4.03. The van der Waals surface area contributed by atoms with Gasteiger partial charge in [0.1, 0.15) is 11.6 Å². The molecule has 0 radical (unpaired) electrons. The van der Waals surface area contributed by atoms with E-state index in [1.807, 2.05) is 0 Å². The topological polar surface area (TPSA) is 34.0 Å². The maximum atomic E-state index is 4.38. The smallest absolute Gasteiger partial charge is 0.134 e. The minimum Gasteiger partial charge on any atom is -0.315 e. The Kier molecular flexibility index (Phi) is 2.67. The molecule has 0 saturated carbocycles. The SMILES string of the molecule is CN1CCCC1Cc1nnc2n1CCCC2. The zero-order valence-electron chi connectivity index (χ0n) is 10.0. The van der Waals surface area contributed by atoms with E-state index in [1.54, 1.807) is 0 Å². The lowest BCUT2D eigenvalue weighted by atomic mass is 10.1. The summed E-state index contributed by atoms with van der Waals surface area (Å²) in [6.07, 6.45) is 7.43. The van der Waals surface area contributed by atoms with Gasteiger partial charge in [0.25, 0.3) is 0 Å². The van der Waals surface area contributed by atoms with Crippen molar-refractivity contribution in [2.75, 3.05) is 13.6 Å². The second-order valence-electron chi connectivity index (χ2n) is 5.12. The van der Waals surface area contributed by atoms with Crippen LogP contribution in [0.5, 0.6) is 0 Å². The van der Waals surface area contributed by atoms with Crippen LogP contribution in [0, 0.1) is 0 Å². The first-order valence-electron chi connectivity index (χ1n) is 6.46. The van der Waals surface area contributed by atoms with Crippen LogP contribution in [0.1, 0.15) is 37.3 Å². The van der Waals surface area contributed by atoms with Crippen LogP contribution >= 0.6 is 0 Å². The van der Waals surface area contributed by atoms with Gasteiger partial charge in [-0.3, -0.25) is 0 Å². The molecule has 0 N–H and O–H groups in total. The van der Waals surface area contributed by atoms with E-state index in [9.17, 15) is 0 Å². The predicted octanol–water partition coefficient (Wildman–Crippen LogP) is 1.25. The van der Waals surface area contributed by atoms with Gasteiger partial charge in [-0.25, -0.2) is 0 Å². The van der Waals surface area contributed by atoms with Gasteiger partial charge in [0.05, 0.1) is 0 Å². The largest absolute Gasteiger partial charge is 0.315 e. The normalized spacial score (nSPS) is 25.9. The Bertz CT molecular complexity index is 371. The summed E-state index contributed by atoms with van der Waals surface area (Å²) in [4.78, 5) is 2.46. The summed E-state index contributed by atoms with van der Waals surface area (Å²) in [5.41, 5.74) is 0. The van der Waals surface area contributed by atoms with Gasteiger partial charge < -0.3 is 9.47 Å². The molecule has 1 saturated heterocycles. The zero-order chi connectivity index (χ0) is 11.0. The molecule has 16 heavy (non-hydrogen) atoms. The first-order chi connectivity index (χ1) is 7.84. The van der Waals surface area contributed by atoms with E-state index in [2.05, 4.69) is 26.7 Å². The van der Waals surface area contributed by atoms with E-state index in [0.29, 0.717) is 6.04 Å². The van der Waals surface area contributed by atoms with Crippen LogP contribution in [0.25, 0.3) is 0 Å². The van der Waals surface area contributed by atoms with Crippen molar-refractivity contribution < 1.29 is 0 Å². The van der Waals surface area contributed by atoms with Gasteiger partial charge in [0.15, 0.2) is 0 Å². The van der Waals surface area contributed by atoms with E-state index < -0.39 is 0 Å². The quantitative estimate of drug-likeness (QED) is 0.752. The molecule has 4 nitrogen and oxygen atoms in total. The van der Waals surface area contributed by atoms with E-state index >= 15 is 0 Å². The molecule has 0 spiro atoms. The molecule has 0 bridgehead atoms. The molecule has 0 amide bonds. The second kappa shape index (κ2) is 4.17. The van der Waals surface area contributed by atoms with Crippen LogP contribution in [0.3, 0.4) is 0 Å². The molecule has 88 valence electrons. The standard InChI is InChI=1S/C12H20N4/c1-15-7-4-5-10(15)9-12-14-13-11-6-2-3-8-16(11)12/h10H,2-9H2,1H3. The third kappa shape index (κ3) is 1.75. The van der Waals surface area contributed by atoms with Crippen LogP contribution in [0.15, 0.2) is 0 Å². The van der Waals surface area contributed by atoms with Crippen LogP contribution in [0.4, 0.5) is 0 Å². The summed E-state index contributed by atoms with van der Waals surface area (Å²) in [7, 11) is 2.23. The first-order valence-corrected chi connectivity index (χ1v) is 6.46. The molecule has 2 aliphatic rings. The summed E-state index contributed by atoms with van der Waals surface area (Å²) < 4.78 is 2.36. The molecule has 3 heterocycles. The molecule has 0 aromatic carbocycles. The Morgan fingerprint density at radius 2 is 2.12 bits per heavy atom. The number of aryl methyl sites for hydroxylation is 1. The number of fused-ring (bicyclic) bond motifs is 1. The fraction of sp³-hybridized carbons (Fsp3) is 0.833. The minimum atomic E-state index is 0.690. The van der Waals surface area contributed by atoms with Gasteiger partial charge in [-0.1, -0.05) is 0 Å². The molecular formula is C12H20N4. The van der Waals surface area contributed by atoms with Crippen LogP contribution in [0.2, 0.25) is 0 Å². The van der Waals surface area contributed by atoms with Gasteiger partial charge >= 0.3 is 0 Å². The van der Waals surface area contributed by atoms with Gasteiger partial charge in [-0.05, 0) is 39.3 Å². The maximum absolute atomic E-state index is 4.38. The monoisotopic (exact) mass is 220 g/mol. The van der Waals surface area contributed by atoms with Gasteiger partial charge in [-0.15, -0.1) is 10.2 Å². The van der Waals surface area contributed by atoms with E-state index in [0.717, 1.165) is 19.4 Å². The summed E-state index contributed by atoms with van der Waals surface area (Å²) in [6, 6.07) is 0.690. The highest BCUT2D eigenvalue weighted by molar-refractivity contribution is 5.01. The molecular weight excluding hydrogens is 200 g/mol. The van der Waals surface area contributed by atoms with Crippen molar-refractivity contribution in [1.82, 2.24) is 19.7 Å². The lowest BCUT2D eigenvalue weighted by Gasteiger charge is -2.20. The predicted molar refractivity (Wildman–Crippen MR) is 62.3 cm³/mol. The molecule has 1 aromatic heterocycles. The lowest BCUT2D eigenvalue weighted by molar-refractivity contribution is 0.302. The Morgan fingerprint density at radius 1 is 1.19 bits per heavy atom. The molecule has 0 aliphatic carbocycles. The van der Waals surface area contributed by atoms with E-state index in [4.69, 9.17) is 0 Å². The minimum absolute atomic E-state index is 0.690. The average Bonchev–Trinajstić information content (AvgIpc) is 2.88. The van der Waals surface area contributed by atoms with Gasteiger partial charge in [0, 0.05) is 25.4 Å². The molecule has 4 heteroatoms. The van der Waals surface area contributed by atoms with Crippen molar-refractivity contribution in [2.24, 2.45) is 0 Å². The summed E-state index contributed by atoms with van der Waals surface area (Å²) >= 11 is 0. The number of aromatic nitrogens is 3. The van der Waals surface area contributed by atoms with E-state index in [1.165, 1.54) is 43.9 Å². The summed E-state index contributed by atoms with van der Waals surface area (Å²) in [5.74, 6) is 2.43. The highest BCUT2D eigenvalue weighted by Crippen LogP contribution is 2.21. The number of hydrogen-bond acceptors (Lipinski definition) is 3. The maximum Gasteiger partial charge on any atom is 0.134 e. The van der Waals surface area contributed by atoms with Crippen LogP contribution < -0.4 is 0 Å². The average molecular weight is 220 g/mol. The number of likely N-dealkylation sites (N-methyl/N-ethyl adjacent to an activating group) is 1. The number of hydrogen-bond donors (Lipinski definition) is 0. The summed E-state index contributed by atoms with van der Waals surface area (Å²) in [5, 5.41) is 8.70. The van der Waals surface area contributed by atoms with E-state index in [-0.39, 0.29) is 0 Å². The fourth-order valence-electron chi connectivity index (χ4n) is 2.97. The fourth-order valence-corrected chi connectivity index (χ4v) is 2.97. The number of rotatable bonds is 2. The van der Waals surface area contributed by atoms with Crippen molar-refractivity contribution in [1.29, 1.82) is 0 Å². The highest BCUT2D eigenvalue weighted by Gasteiger charge is 2.24. The van der Waals surface area contributed by atoms with Crippen molar-refractivity contribution in [3.8, 4) is 0 Å². The Hall–Kier alpha value is -0.900. The third-order valence-corrected chi connectivity index (χ3v) is 4.03. The van der Waals surface area contributed by atoms with Crippen molar-refractivity contribution in [3.05, 3.63) is 11.6 Å². The molecule has 3 rings (SSSR count). The summed E-state index contributed by atoms with van der Waals surface area (Å²) in [6.45, 7) is 2.37. The Balaban J connectivity index is 1.76. The van der Waals surface area contributed by atoms with Crippen molar-refractivity contribution in [3.63, 3.8) is 0 Å². The zero-order valence-corrected chi connectivity index (χ0v) is 10.0. The van der Waals surface area contributed by atoms with Crippen molar-refractivity contribution in [2.45, 2.75) is 51.1 Å². The van der Waals surface area contributed by atoms with Crippen LogP contribution in [-0.4, -0.2) is 39.3 Å². The molecule has 1 atom stereocenters. The van der Waals surface area contributed by atoms with Gasteiger partial charge in [-0.2, -0.15) is 0 Å². The first kappa shape index (κ1) is 10.3. The molecule has 1 fully saturated rings. The number of nitrogens with zero attached hydrogens (tertiary/aromatic N) is 4. The highest BCUT2D eigenvalue weighted by atomic mass is 15.3. The Morgan fingerprint density at radius 3 is 2.94 bits per heavy atom. The second-order valence-corrected chi connectivity index (χ2v) is 5.12. The molecule has 1 aromatic rings.